The van der Waals surface area contributed by atoms with Crippen molar-refractivity contribution in [3.63, 3.8) is 0 Å². The number of fused-ring (bicyclic) bond motifs is 2. The monoisotopic (exact) mass is 750 g/mol. The van der Waals surface area contributed by atoms with Gasteiger partial charge in [-0.3, -0.25) is 23.9 Å². The third-order valence-electron chi connectivity index (χ3n) is 7.57. The quantitative estimate of drug-likeness (QED) is 0.0317. The Kier molecular flexibility index (Phi) is 11.1. The van der Waals surface area contributed by atoms with E-state index in [2.05, 4.69) is 31.1 Å². The minimum atomic E-state index is -1.60. The zero-order chi connectivity index (χ0) is 36.3. The number of thiazole rings is 1. The number of halogens is 1. The highest BCUT2D eigenvalue weighted by Crippen LogP contribution is 2.40. The molecule has 2 unspecified atom stereocenters. The number of rotatable bonds is 16. The maximum absolute atomic E-state index is 13.4. The second-order valence-corrected chi connectivity index (χ2v) is 13.7. The second kappa shape index (κ2) is 15.3. The molecule has 5 rings (SSSR count). The fourth-order valence-electron chi connectivity index (χ4n) is 5.24. The van der Waals surface area contributed by atoms with E-state index in [1.807, 2.05) is 17.7 Å². The molecule has 2 aliphatic rings. The van der Waals surface area contributed by atoms with E-state index in [0.717, 1.165) is 22.7 Å². The molecule has 2 aliphatic heterocycles. The van der Waals surface area contributed by atoms with Crippen LogP contribution in [0.3, 0.4) is 0 Å². The number of amides is 2. The van der Waals surface area contributed by atoms with Gasteiger partial charge in [0.15, 0.2) is 10.8 Å². The van der Waals surface area contributed by atoms with Crippen molar-refractivity contribution < 1.29 is 48.7 Å². The summed E-state index contributed by atoms with van der Waals surface area (Å²) in [4.78, 5) is 76.4. The SMILES string of the molecule is CNCCCn1c(NCC(=O)O)nc2c1ccc[n+]2CC1=C(C(=O)[O-])N2C(=O)C(NC(=O)/C(=N\O[C@@H](C)C(=O)O)c3nc(N)sc3Cl)C2SC1. The molecule has 22 heteroatoms. The van der Waals surface area contributed by atoms with Crippen LogP contribution in [0.25, 0.3) is 11.2 Å². The van der Waals surface area contributed by atoms with Crippen LogP contribution in [-0.4, -0.2) is 108 Å². The number of nitrogen functional groups attached to an aromatic ring is 1. The number of nitrogens with one attached hydrogen (secondary N) is 3. The summed E-state index contributed by atoms with van der Waals surface area (Å²) < 4.78 is 3.50. The average molecular weight is 751 g/mol. The van der Waals surface area contributed by atoms with Crippen LogP contribution in [0.15, 0.2) is 34.8 Å². The zero-order valence-electron chi connectivity index (χ0n) is 26.4. The van der Waals surface area contributed by atoms with Crippen LogP contribution < -0.4 is 31.4 Å². The van der Waals surface area contributed by atoms with E-state index in [9.17, 15) is 34.2 Å². The van der Waals surface area contributed by atoms with Gasteiger partial charge in [0, 0.05) is 17.9 Å². The Morgan fingerprint density at radius 2 is 2.06 bits per heavy atom. The number of aromatic nitrogens is 4. The maximum atomic E-state index is 13.4. The van der Waals surface area contributed by atoms with Crippen LogP contribution in [0.1, 0.15) is 19.0 Å². The van der Waals surface area contributed by atoms with Gasteiger partial charge in [0.25, 0.3) is 11.8 Å². The number of aryl methyl sites for hydroxylation is 1. The van der Waals surface area contributed by atoms with Gasteiger partial charge in [0.1, 0.15) is 40.1 Å². The number of thioether (sulfide) groups is 1. The van der Waals surface area contributed by atoms with Crippen molar-refractivity contribution in [2.45, 2.75) is 44.0 Å². The van der Waals surface area contributed by atoms with E-state index in [1.165, 1.54) is 18.7 Å². The molecule has 0 aliphatic carbocycles. The average Bonchev–Trinajstić information content (AvgIpc) is 3.60. The van der Waals surface area contributed by atoms with Crippen molar-refractivity contribution in [1.29, 1.82) is 0 Å². The van der Waals surface area contributed by atoms with Crippen LogP contribution in [0.4, 0.5) is 11.1 Å². The van der Waals surface area contributed by atoms with Gasteiger partial charge in [0.2, 0.25) is 6.10 Å². The number of imidazole rings is 1. The fraction of sp³-hybridized carbons (Fsp3) is 0.393. The minimum absolute atomic E-state index is 0.00668. The van der Waals surface area contributed by atoms with Crippen molar-refractivity contribution in [2.24, 2.45) is 5.16 Å². The molecular formula is C28H31ClN10O9S2. The minimum Gasteiger partial charge on any atom is -0.543 e. The molecule has 2 amide bonds. The lowest BCUT2D eigenvalue weighted by molar-refractivity contribution is -0.664. The molecule has 0 radical (unpaired) electrons. The first-order valence-electron chi connectivity index (χ1n) is 14.9. The van der Waals surface area contributed by atoms with Crippen LogP contribution in [-0.2, 0) is 41.9 Å². The van der Waals surface area contributed by atoms with Crippen LogP contribution >= 0.6 is 34.7 Å². The van der Waals surface area contributed by atoms with E-state index in [4.69, 9.17) is 27.3 Å². The molecule has 3 aromatic heterocycles. The number of nitrogens with zero attached hydrogens (tertiary/aromatic N) is 6. The summed E-state index contributed by atoms with van der Waals surface area (Å²) in [5.74, 6) is -5.30. The van der Waals surface area contributed by atoms with Crippen molar-refractivity contribution in [1.82, 2.24) is 30.1 Å². The van der Waals surface area contributed by atoms with Gasteiger partial charge in [-0.15, -0.1) is 11.8 Å². The molecule has 0 spiro atoms. The lowest BCUT2D eigenvalue weighted by atomic mass is 10.0. The van der Waals surface area contributed by atoms with Gasteiger partial charge in [-0.25, -0.2) is 14.3 Å². The molecule has 1 saturated heterocycles. The molecule has 3 aromatic rings. The molecule has 0 saturated carbocycles. The van der Waals surface area contributed by atoms with Gasteiger partial charge >= 0.3 is 23.5 Å². The van der Waals surface area contributed by atoms with Gasteiger partial charge in [-0.05, 0) is 44.1 Å². The Morgan fingerprint density at radius 1 is 1.30 bits per heavy atom. The Hall–Kier alpha value is -4.99. The Bertz CT molecular complexity index is 1930. The number of β-lactam (4-membered cyclic amide) rings is 1. The van der Waals surface area contributed by atoms with Crippen molar-refractivity contribution >= 4 is 92.4 Å². The number of oxime groups is 1. The number of aliphatic carboxylic acids is 3. The predicted octanol–water partition coefficient (Wildman–Crippen LogP) is -1.58. The normalized spacial score (nSPS) is 18.0. The fourth-order valence-corrected chi connectivity index (χ4v) is 7.50. The standard InChI is InChI=1S/C28H31ClN10O9S2/c1-12(25(44)45)48-36-17(16-20(29)50-27(30)34-16)22(42)33-18-23(43)39-19(26(46)47)13(11-49-24(18)39)10-37-7-3-5-14-21(37)35-28(32-9-15(40)41)38(14)8-4-6-31-2/h3,5,7,12,18,24,31H,4,6,8-11H2,1-2H3,(H6,30,33,34,40,41,42,44,45,46,47)/b36-17-/t12-,18?,24?/m0/s1. The van der Waals surface area contributed by atoms with Gasteiger partial charge in [0.05, 0.1) is 17.9 Å². The van der Waals surface area contributed by atoms with Crippen molar-refractivity contribution in [3.8, 4) is 0 Å². The third-order valence-corrected chi connectivity index (χ3v) is 9.99. The van der Waals surface area contributed by atoms with Gasteiger partial charge < -0.3 is 46.6 Å². The molecule has 7 N–H and O–H groups in total. The number of hydrogen-bond acceptors (Lipinski definition) is 15. The van der Waals surface area contributed by atoms with Crippen molar-refractivity contribution in [2.75, 3.05) is 36.9 Å². The summed E-state index contributed by atoms with van der Waals surface area (Å²) in [5.41, 5.74) is 6.10. The highest BCUT2D eigenvalue weighted by molar-refractivity contribution is 8.00. The number of hydrogen-bond donors (Lipinski definition) is 6. The first-order valence-corrected chi connectivity index (χ1v) is 17.1. The summed E-state index contributed by atoms with van der Waals surface area (Å²) >= 11 is 8.21. The second-order valence-electron chi connectivity index (χ2n) is 10.9. The van der Waals surface area contributed by atoms with E-state index >= 15 is 0 Å². The number of pyridine rings is 1. The molecule has 266 valence electrons. The summed E-state index contributed by atoms with van der Waals surface area (Å²) in [6, 6.07) is 2.36. The molecular weight excluding hydrogens is 720 g/mol. The third kappa shape index (κ3) is 7.44. The van der Waals surface area contributed by atoms with Crippen molar-refractivity contribution in [3.05, 3.63) is 39.6 Å². The number of anilines is 2. The highest BCUT2D eigenvalue weighted by Gasteiger charge is 2.53. The topological polar surface area (TPSA) is 270 Å². The lowest BCUT2D eigenvalue weighted by Crippen LogP contribution is -2.71. The zero-order valence-corrected chi connectivity index (χ0v) is 28.8. The van der Waals surface area contributed by atoms with Gasteiger partial charge in [-0.2, -0.15) is 0 Å². The van der Waals surface area contributed by atoms with E-state index < -0.39 is 53.0 Å². The Labute approximate surface area is 296 Å². The molecule has 19 nitrogen and oxygen atoms in total. The van der Waals surface area contributed by atoms with Crippen LogP contribution in [0.5, 0.6) is 0 Å². The summed E-state index contributed by atoms with van der Waals surface area (Å²) in [7, 11) is 1.82. The lowest BCUT2D eigenvalue weighted by Gasteiger charge is -2.50. The smallest absolute Gasteiger partial charge is 0.351 e. The maximum Gasteiger partial charge on any atom is 0.351 e. The number of carbonyl (C=O) groups is 5. The first kappa shape index (κ1) is 36.3. The molecule has 0 bridgehead atoms. The molecule has 0 aromatic carbocycles. The summed E-state index contributed by atoms with van der Waals surface area (Å²) in [5, 5.41) is 42.1. The molecule has 5 heterocycles. The predicted molar refractivity (Wildman–Crippen MR) is 178 cm³/mol. The highest BCUT2D eigenvalue weighted by atomic mass is 35.5. The number of carboxylic acid groups (broad SMARTS) is 3. The first-order chi connectivity index (χ1) is 23.8. The van der Waals surface area contributed by atoms with E-state index in [0.29, 0.717) is 35.8 Å². The molecule has 1 fully saturated rings. The number of carboxylic acids is 3. The Morgan fingerprint density at radius 3 is 2.70 bits per heavy atom. The summed E-state index contributed by atoms with van der Waals surface area (Å²) in [6.07, 6.45) is 0.967. The van der Waals surface area contributed by atoms with Gasteiger partial charge in [-0.1, -0.05) is 28.1 Å². The largest absolute Gasteiger partial charge is 0.543 e. The van der Waals surface area contributed by atoms with E-state index in [1.54, 1.807) is 16.8 Å². The number of carbonyl (C=O) groups excluding carboxylic acids is 3. The van der Waals surface area contributed by atoms with E-state index in [-0.39, 0.29) is 39.7 Å². The Balaban J connectivity index is 1.40. The number of nitrogens with two attached hydrogens (primary N) is 1. The summed E-state index contributed by atoms with van der Waals surface area (Å²) in [6.45, 7) is 2.04. The molecule has 3 atom stereocenters. The van der Waals surface area contributed by atoms with Crippen LogP contribution in [0, 0.1) is 0 Å². The van der Waals surface area contributed by atoms with Crippen LogP contribution in [0.2, 0.25) is 4.34 Å². The molecule has 50 heavy (non-hydrogen) atoms.